The zero-order chi connectivity index (χ0) is 9.83. The van der Waals surface area contributed by atoms with Gasteiger partial charge in [0.2, 0.25) is 0 Å². The van der Waals surface area contributed by atoms with Gasteiger partial charge in [-0.3, -0.25) is 4.90 Å². The average Bonchev–Trinajstić information content (AvgIpc) is 2.87. The lowest BCUT2D eigenvalue weighted by Crippen LogP contribution is -2.15. The summed E-state index contributed by atoms with van der Waals surface area (Å²) in [6, 6.07) is 9.37. The van der Waals surface area contributed by atoms with E-state index < -0.39 is 0 Å². The topological polar surface area (TPSA) is 19.0 Å². The Morgan fingerprint density at radius 3 is 3.20 bits per heavy atom. The second-order valence-corrected chi connectivity index (χ2v) is 4.69. The zero-order valence-electron chi connectivity index (χ0n) is 8.66. The summed E-state index contributed by atoms with van der Waals surface area (Å²) in [4.78, 5) is 6.21. The van der Waals surface area contributed by atoms with E-state index in [1.807, 2.05) is 0 Å². The predicted molar refractivity (Wildman–Crippen MR) is 60.7 cm³/mol. The normalized spacial score (nSPS) is 24.7. The van der Waals surface area contributed by atoms with Crippen LogP contribution in [0, 0.1) is 0 Å². The summed E-state index contributed by atoms with van der Waals surface area (Å²) in [5.74, 6) is 0. The maximum atomic E-state index is 3.61. The van der Waals surface area contributed by atoms with Crippen molar-refractivity contribution in [1.29, 1.82) is 0 Å². The van der Waals surface area contributed by atoms with Crippen LogP contribution in [0.15, 0.2) is 24.3 Å². The number of para-hydroxylation sites is 1. The van der Waals surface area contributed by atoms with Crippen molar-refractivity contribution < 1.29 is 0 Å². The van der Waals surface area contributed by atoms with Crippen LogP contribution >= 0.6 is 0 Å². The molecule has 2 aliphatic rings. The molecule has 2 heteroatoms. The fraction of sp³-hybridized carbons (Fsp3) is 0.385. The molecule has 0 radical (unpaired) electrons. The number of benzene rings is 1. The van der Waals surface area contributed by atoms with E-state index in [0.29, 0.717) is 6.04 Å². The van der Waals surface area contributed by atoms with Crippen LogP contribution in [-0.2, 0) is 6.54 Å². The number of hydrogen-bond acceptors (Lipinski definition) is 1. The van der Waals surface area contributed by atoms with Gasteiger partial charge in [-0.15, -0.1) is 0 Å². The lowest BCUT2D eigenvalue weighted by atomic mass is 10.1. The Hall–Kier alpha value is -1.28. The van der Waals surface area contributed by atoms with Crippen molar-refractivity contribution in [3.05, 3.63) is 35.5 Å². The van der Waals surface area contributed by atoms with Crippen LogP contribution in [0.25, 0.3) is 10.9 Å². The van der Waals surface area contributed by atoms with Gasteiger partial charge < -0.3 is 4.98 Å². The van der Waals surface area contributed by atoms with Gasteiger partial charge in [0, 0.05) is 23.1 Å². The fourth-order valence-electron chi connectivity index (χ4n) is 3.22. The summed E-state index contributed by atoms with van der Waals surface area (Å²) in [6.07, 6.45) is 2.69. The highest BCUT2D eigenvalue weighted by molar-refractivity contribution is 5.85. The monoisotopic (exact) mass is 198 g/mol. The molecular weight excluding hydrogens is 184 g/mol. The number of nitrogens with one attached hydrogen (secondary N) is 1. The first-order chi connectivity index (χ1) is 7.43. The third-order valence-electron chi connectivity index (χ3n) is 3.90. The minimum absolute atomic E-state index is 0.687. The van der Waals surface area contributed by atoms with E-state index in [1.54, 1.807) is 5.56 Å². The Labute approximate surface area is 88.9 Å². The lowest BCUT2D eigenvalue weighted by Gasteiger charge is -2.14. The Kier molecular flexibility index (Phi) is 1.40. The molecule has 1 saturated heterocycles. The Bertz CT molecular complexity index is 526. The SMILES string of the molecule is c1ccc2c3c([nH]c2c1)C1CCCN1C3. The molecule has 1 fully saturated rings. The number of fused-ring (bicyclic) bond motifs is 5. The largest absolute Gasteiger partial charge is 0.357 e. The van der Waals surface area contributed by atoms with E-state index in [1.165, 1.54) is 36.0 Å². The van der Waals surface area contributed by atoms with Gasteiger partial charge in [-0.1, -0.05) is 18.2 Å². The van der Waals surface area contributed by atoms with Crippen molar-refractivity contribution in [1.82, 2.24) is 9.88 Å². The lowest BCUT2D eigenvalue weighted by molar-refractivity contribution is 0.278. The van der Waals surface area contributed by atoms with Gasteiger partial charge in [-0.2, -0.15) is 0 Å². The molecular formula is C13H14N2. The summed E-state index contributed by atoms with van der Waals surface area (Å²) < 4.78 is 0. The first kappa shape index (κ1) is 7.94. The summed E-state index contributed by atoms with van der Waals surface area (Å²) in [6.45, 7) is 2.44. The molecule has 3 heterocycles. The molecule has 1 atom stereocenters. The Balaban J connectivity index is 1.99. The molecule has 0 bridgehead atoms. The van der Waals surface area contributed by atoms with Gasteiger partial charge in [0.1, 0.15) is 0 Å². The molecule has 1 aromatic heterocycles. The quantitative estimate of drug-likeness (QED) is 0.689. The standard InChI is InChI=1S/C13H14N2/c1-2-5-11-9(4-1)10-8-15-7-3-6-12(15)13(10)14-11/h1-2,4-5,12,14H,3,6-8H2. The second kappa shape index (κ2) is 2.64. The number of H-pyrrole nitrogens is 1. The van der Waals surface area contributed by atoms with Crippen molar-refractivity contribution >= 4 is 10.9 Å². The molecule has 76 valence electrons. The summed E-state index contributed by atoms with van der Waals surface area (Å²) in [5.41, 5.74) is 4.36. The molecule has 1 aromatic carbocycles. The van der Waals surface area contributed by atoms with Gasteiger partial charge in [0.25, 0.3) is 0 Å². The van der Waals surface area contributed by atoms with Crippen LogP contribution < -0.4 is 0 Å². The molecule has 1 N–H and O–H groups in total. The van der Waals surface area contributed by atoms with Gasteiger partial charge >= 0.3 is 0 Å². The third kappa shape index (κ3) is 0.927. The summed E-state index contributed by atoms with van der Waals surface area (Å²) in [5, 5.41) is 1.43. The van der Waals surface area contributed by atoms with Gasteiger partial charge in [-0.25, -0.2) is 0 Å². The van der Waals surface area contributed by atoms with Crippen LogP contribution in [0.5, 0.6) is 0 Å². The number of aromatic amines is 1. The molecule has 0 spiro atoms. The van der Waals surface area contributed by atoms with Crippen LogP contribution in [0.4, 0.5) is 0 Å². The predicted octanol–water partition coefficient (Wildman–Crippen LogP) is 2.82. The molecule has 0 saturated carbocycles. The number of rotatable bonds is 0. The van der Waals surface area contributed by atoms with Crippen LogP contribution in [0.3, 0.4) is 0 Å². The highest BCUT2D eigenvalue weighted by Gasteiger charge is 2.35. The molecule has 2 aliphatic heterocycles. The van der Waals surface area contributed by atoms with Crippen LogP contribution in [-0.4, -0.2) is 16.4 Å². The van der Waals surface area contributed by atoms with Crippen molar-refractivity contribution in [2.45, 2.75) is 25.4 Å². The molecule has 15 heavy (non-hydrogen) atoms. The molecule has 0 aliphatic carbocycles. The van der Waals surface area contributed by atoms with Gasteiger partial charge in [-0.05, 0) is 31.0 Å². The van der Waals surface area contributed by atoms with Crippen molar-refractivity contribution in [2.75, 3.05) is 6.54 Å². The second-order valence-electron chi connectivity index (χ2n) is 4.69. The van der Waals surface area contributed by atoms with E-state index in [0.717, 1.165) is 6.54 Å². The average molecular weight is 198 g/mol. The van der Waals surface area contributed by atoms with E-state index in [4.69, 9.17) is 0 Å². The van der Waals surface area contributed by atoms with E-state index in [-0.39, 0.29) is 0 Å². The number of hydrogen-bond donors (Lipinski definition) is 1. The van der Waals surface area contributed by atoms with Crippen molar-refractivity contribution in [3.63, 3.8) is 0 Å². The smallest absolute Gasteiger partial charge is 0.0506 e. The van der Waals surface area contributed by atoms with E-state index in [2.05, 4.69) is 34.1 Å². The maximum absolute atomic E-state index is 3.61. The fourth-order valence-corrected chi connectivity index (χ4v) is 3.22. The third-order valence-corrected chi connectivity index (χ3v) is 3.90. The Morgan fingerprint density at radius 2 is 2.20 bits per heavy atom. The first-order valence-electron chi connectivity index (χ1n) is 5.77. The summed E-state index contributed by atoms with van der Waals surface area (Å²) in [7, 11) is 0. The molecule has 2 nitrogen and oxygen atoms in total. The highest BCUT2D eigenvalue weighted by Crippen LogP contribution is 2.43. The zero-order valence-corrected chi connectivity index (χ0v) is 8.66. The van der Waals surface area contributed by atoms with Crippen LogP contribution in [0.2, 0.25) is 0 Å². The molecule has 4 rings (SSSR count). The number of aromatic nitrogens is 1. The molecule has 0 amide bonds. The highest BCUT2D eigenvalue weighted by atomic mass is 15.2. The maximum Gasteiger partial charge on any atom is 0.0506 e. The minimum atomic E-state index is 0.687. The first-order valence-corrected chi connectivity index (χ1v) is 5.77. The van der Waals surface area contributed by atoms with E-state index in [9.17, 15) is 0 Å². The van der Waals surface area contributed by atoms with Crippen LogP contribution in [0.1, 0.15) is 30.1 Å². The molecule has 1 unspecified atom stereocenters. The van der Waals surface area contributed by atoms with Crippen molar-refractivity contribution in [3.8, 4) is 0 Å². The summed E-state index contributed by atoms with van der Waals surface area (Å²) >= 11 is 0. The Morgan fingerprint density at radius 1 is 1.27 bits per heavy atom. The van der Waals surface area contributed by atoms with Gasteiger partial charge in [0.05, 0.1) is 6.04 Å². The van der Waals surface area contributed by atoms with Crippen molar-refractivity contribution in [2.24, 2.45) is 0 Å². The number of nitrogens with zero attached hydrogens (tertiary/aromatic N) is 1. The molecule has 2 aromatic rings. The van der Waals surface area contributed by atoms with E-state index >= 15 is 0 Å². The minimum Gasteiger partial charge on any atom is -0.357 e. The van der Waals surface area contributed by atoms with Gasteiger partial charge in [0.15, 0.2) is 0 Å².